The molecule has 0 atom stereocenters. The van der Waals surface area contributed by atoms with Gasteiger partial charge in [-0.3, -0.25) is 4.99 Å². The van der Waals surface area contributed by atoms with Gasteiger partial charge in [0.15, 0.2) is 5.96 Å². The number of nitrogens with one attached hydrogen (secondary N) is 1. The number of hydrogen-bond donors (Lipinski definition) is 2. The van der Waals surface area contributed by atoms with Crippen molar-refractivity contribution < 1.29 is 0 Å². The zero-order valence-electron chi connectivity index (χ0n) is 19.3. The van der Waals surface area contributed by atoms with Gasteiger partial charge in [-0.25, -0.2) is 4.68 Å². The second-order valence-electron chi connectivity index (χ2n) is 7.94. The largest absolute Gasteiger partial charge is 0.382 e. The fourth-order valence-corrected chi connectivity index (χ4v) is 4.11. The first kappa shape index (κ1) is 25.3. The van der Waals surface area contributed by atoms with Gasteiger partial charge in [0.05, 0.1) is 11.4 Å². The molecule has 7 nitrogen and oxygen atoms in total. The quantitative estimate of drug-likeness (QED) is 0.201. The first-order valence-corrected chi connectivity index (χ1v) is 11.2. The van der Waals surface area contributed by atoms with Gasteiger partial charge < -0.3 is 16.0 Å². The number of hydrogen-bond acceptors (Lipinski definition) is 4. The van der Waals surface area contributed by atoms with Crippen LogP contribution < -0.4 is 11.1 Å². The lowest BCUT2D eigenvalue weighted by atomic mass is 10.00. The number of aliphatic imine (C=N–C) groups is 1. The monoisotopic (exact) mass is 567 g/mol. The second-order valence-corrected chi connectivity index (χ2v) is 7.94. The number of guanidine groups is 1. The van der Waals surface area contributed by atoms with E-state index >= 15 is 0 Å². The lowest BCUT2D eigenvalue weighted by molar-refractivity contribution is 0.439. The van der Waals surface area contributed by atoms with Crippen molar-refractivity contribution >= 4 is 41.3 Å². The third-order valence-electron chi connectivity index (χ3n) is 5.84. The van der Waals surface area contributed by atoms with Crippen LogP contribution in [-0.2, 0) is 6.42 Å². The van der Waals surface area contributed by atoms with E-state index in [1.807, 2.05) is 43.4 Å². The smallest absolute Gasteiger partial charge is 0.193 e. The maximum Gasteiger partial charge on any atom is 0.193 e. The Labute approximate surface area is 218 Å². The molecule has 0 saturated carbocycles. The predicted molar refractivity (Wildman–Crippen MR) is 148 cm³/mol. The number of nitriles is 1. The third-order valence-corrected chi connectivity index (χ3v) is 5.84. The van der Waals surface area contributed by atoms with E-state index in [1.54, 1.807) is 4.68 Å². The summed E-state index contributed by atoms with van der Waals surface area (Å²) in [6.07, 6.45) is 4.75. The molecule has 8 heteroatoms. The molecule has 3 N–H and O–H groups in total. The SMILES string of the molecule is CN=C(NCCCc1nn(-c2ccccc2)c(N)c1C#N)N1CC=C(c2ccccc2)CC1.I. The Balaban J connectivity index is 0.00000324. The molecule has 0 spiro atoms. The van der Waals surface area contributed by atoms with Crippen LogP contribution in [0.1, 0.15) is 29.7 Å². The first-order valence-electron chi connectivity index (χ1n) is 11.2. The van der Waals surface area contributed by atoms with E-state index in [2.05, 4.69) is 56.7 Å². The Kier molecular flexibility index (Phi) is 9.10. The summed E-state index contributed by atoms with van der Waals surface area (Å²) in [7, 11) is 1.81. The van der Waals surface area contributed by atoms with E-state index in [0.29, 0.717) is 17.8 Å². The average Bonchev–Trinajstić information content (AvgIpc) is 3.20. The molecule has 34 heavy (non-hydrogen) atoms. The number of para-hydroxylation sites is 1. The highest BCUT2D eigenvalue weighted by molar-refractivity contribution is 14.0. The highest BCUT2D eigenvalue weighted by Gasteiger charge is 2.18. The summed E-state index contributed by atoms with van der Waals surface area (Å²) in [6.45, 7) is 2.50. The predicted octanol–water partition coefficient (Wildman–Crippen LogP) is 4.24. The standard InChI is InChI=1S/C26H29N7.HI/c1-29-26(32-17-14-21(15-18-32)20-9-4-2-5-10-20)30-16-8-13-24-23(19-27)25(28)33(31-24)22-11-6-3-7-12-22;/h2-7,9-12,14H,8,13,15-18,28H2,1H3,(H,29,30);1H. The van der Waals surface area contributed by atoms with Crippen molar-refractivity contribution in [1.82, 2.24) is 20.0 Å². The van der Waals surface area contributed by atoms with Gasteiger partial charge in [0.1, 0.15) is 17.5 Å². The highest BCUT2D eigenvalue weighted by Crippen LogP contribution is 2.23. The van der Waals surface area contributed by atoms with Crippen LogP contribution in [-0.4, -0.2) is 47.3 Å². The summed E-state index contributed by atoms with van der Waals surface area (Å²) in [5, 5.41) is 17.6. The van der Waals surface area contributed by atoms with Crippen LogP contribution >= 0.6 is 24.0 Å². The van der Waals surface area contributed by atoms with Gasteiger partial charge in [-0.1, -0.05) is 54.6 Å². The molecule has 2 aromatic carbocycles. The summed E-state index contributed by atoms with van der Waals surface area (Å²) in [5.41, 5.74) is 10.9. The minimum atomic E-state index is 0. The minimum Gasteiger partial charge on any atom is -0.382 e. The van der Waals surface area contributed by atoms with Crippen LogP contribution in [0, 0.1) is 11.3 Å². The van der Waals surface area contributed by atoms with E-state index in [0.717, 1.165) is 49.8 Å². The molecule has 2 heterocycles. The number of benzene rings is 2. The number of nitrogen functional groups attached to an aromatic ring is 1. The Morgan fingerprint density at radius 2 is 1.85 bits per heavy atom. The maximum atomic E-state index is 9.59. The molecule has 4 rings (SSSR count). The van der Waals surface area contributed by atoms with Crippen LogP contribution in [0.5, 0.6) is 0 Å². The first-order chi connectivity index (χ1) is 16.2. The molecule has 0 amide bonds. The van der Waals surface area contributed by atoms with E-state index in [9.17, 15) is 5.26 Å². The molecule has 0 radical (unpaired) electrons. The fourth-order valence-electron chi connectivity index (χ4n) is 4.11. The lowest BCUT2D eigenvalue weighted by Crippen LogP contribution is -2.43. The average molecular weight is 567 g/mol. The molecule has 176 valence electrons. The number of aromatic nitrogens is 2. The number of anilines is 1. The van der Waals surface area contributed by atoms with Gasteiger partial charge in [-0.15, -0.1) is 24.0 Å². The van der Waals surface area contributed by atoms with E-state index in [1.165, 1.54) is 11.1 Å². The normalized spacial score (nSPS) is 13.6. The van der Waals surface area contributed by atoms with Crippen molar-refractivity contribution in [2.24, 2.45) is 4.99 Å². The number of aryl methyl sites for hydroxylation is 1. The van der Waals surface area contributed by atoms with Crippen molar-refractivity contribution in [3.05, 3.63) is 83.6 Å². The van der Waals surface area contributed by atoms with Gasteiger partial charge >= 0.3 is 0 Å². The Bertz CT molecular complexity index is 1180. The summed E-state index contributed by atoms with van der Waals surface area (Å²) < 4.78 is 1.64. The molecular weight excluding hydrogens is 537 g/mol. The summed E-state index contributed by atoms with van der Waals surface area (Å²) in [4.78, 5) is 6.71. The van der Waals surface area contributed by atoms with Gasteiger partial charge in [-0.05, 0) is 42.5 Å². The zero-order valence-corrected chi connectivity index (χ0v) is 21.6. The lowest BCUT2D eigenvalue weighted by Gasteiger charge is -2.29. The Hall–Kier alpha value is -3.32. The van der Waals surface area contributed by atoms with Crippen LogP contribution in [0.2, 0.25) is 0 Å². The molecule has 1 aliphatic heterocycles. The molecule has 0 aliphatic carbocycles. The highest BCUT2D eigenvalue weighted by atomic mass is 127. The summed E-state index contributed by atoms with van der Waals surface area (Å²) in [5.74, 6) is 1.28. The van der Waals surface area contributed by atoms with E-state index in [-0.39, 0.29) is 24.0 Å². The molecule has 0 fully saturated rings. The van der Waals surface area contributed by atoms with Crippen LogP contribution in [0.3, 0.4) is 0 Å². The fraction of sp³-hybridized carbons (Fsp3) is 0.269. The second kappa shape index (κ2) is 12.2. The molecule has 0 saturated heterocycles. The van der Waals surface area contributed by atoms with Crippen molar-refractivity contribution in [2.75, 3.05) is 32.4 Å². The third kappa shape index (κ3) is 5.78. The zero-order chi connectivity index (χ0) is 23.0. The molecule has 0 unspecified atom stereocenters. The molecular formula is C26H30IN7. The Morgan fingerprint density at radius 3 is 2.47 bits per heavy atom. The molecule has 1 aromatic heterocycles. The van der Waals surface area contributed by atoms with Crippen LogP contribution in [0.15, 0.2) is 71.7 Å². The van der Waals surface area contributed by atoms with E-state index in [4.69, 9.17) is 5.73 Å². The Morgan fingerprint density at radius 1 is 1.15 bits per heavy atom. The van der Waals surface area contributed by atoms with Gasteiger partial charge in [0.2, 0.25) is 0 Å². The summed E-state index contributed by atoms with van der Waals surface area (Å²) >= 11 is 0. The van der Waals surface area contributed by atoms with Gasteiger partial charge in [0.25, 0.3) is 0 Å². The van der Waals surface area contributed by atoms with Crippen molar-refractivity contribution in [3.8, 4) is 11.8 Å². The van der Waals surface area contributed by atoms with Gasteiger partial charge in [0, 0.05) is 26.7 Å². The molecule has 1 aliphatic rings. The minimum absolute atomic E-state index is 0. The topological polar surface area (TPSA) is 95.3 Å². The van der Waals surface area contributed by atoms with Crippen LogP contribution in [0.4, 0.5) is 5.82 Å². The van der Waals surface area contributed by atoms with Crippen LogP contribution in [0.25, 0.3) is 11.3 Å². The van der Waals surface area contributed by atoms with Gasteiger partial charge in [-0.2, -0.15) is 10.4 Å². The van der Waals surface area contributed by atoms with Crippen molar-refractivity contribution in [2.45, 2.75) is 19.3 Å². The number of nitrogens with two attached hydrogens (primary N) is 1. The number of halogens is 1. The number of nitrogens with zero attached hydrogens (tertiary/aromatic N) is 5. The van der Waals surface area contributed by atoms with Crippen molar-refractivity contribution in [3.63, 3.8) is 0 Å². The summed E-state index contributed by atoms with van der Waals surface area (Å²) in [6, 6.07) is 22.4. The molecule has 0 bridgehead atoms. The van der Waals surface area contributed by atoms with Crippen molar-refractivity contribution in [1.29, 1.82) is 5.26 Å². The van der Waals surface area contributed by atoms with E-state index < -0.39 is 0 Å². The molecule has 3 aromatic rings. The number of rotatable bonds is 6. The maximum absolute atomic E-state index is 9.59.